The third kappa shape index (κ3) is 5.91. The van der Waals surface area contributed by atoms with Gasteiger partial charge in [0, 0.05) is 29.6 Å². The Labute approximate surface area is 192 Å². The number of aromatic nitrogens is 2. The number of amides is 1. The molecule has 0 spiro atoms. The van der Waals surface area contributed by atoms with E-state index in [0.29, 0.717) is 34.7 Å². The third-order valence-corrected chi connectivity index (χ3v) is 6.11. The fourth-order valence-electron chi connectivity index (χ4n) is 3.82. The van der Waals surface area contributed by atoms with Gasteiger partial charge in [0.15, 0.2) is 0 Å². The minimum absolute atomic E-state index is 0.252. The molecule has 0 bridgehead atoms. The maximum absolute atomic E-state index is 12.8. The number of likely N-dealkylation sites (tertiary alicyclic amines) is 1. The first-order chi connectivity index (χ1) is 15.7. The summed E-state index contributed by atoms with van der Waals surface area (Å²) in [5, 5.41) is 3.11. The van der Waals surface area contributed by atoms with Crippen LogP contribution in [0.1, 0.15) is 41.7 Å². The van der Waals surface area contributed by atoms with Crippen LogP contribution in [0.15, 0.2) is 34.7 Å². The van der Waals surface area contributed by atoms with Crippen molar-refractivity contribution >= 4 is 22.6 Å². The van der Waals surface area contributed by atoms with Crippen LogP contribution in [0.5, 0.6) is 5.75 Å². The van der Waals surface area contributed by atoms with Gasteiger partial charge in [-0.05, 0) is 58.0 Å². The molecule has 0 radical (unpaired) electrons. The number of carbonyl (C=O) groups excluding carboxylic acids is 1. The molecular formula is C22H23F3N4O3S. The van der Waals surface area contributed by atoms with E-state index < -0.39 is 12.3 Å². The summed E-state index contributed by atoms with van der Waals surface area (Å²) in [5.41, 5.74) is 0.613. The molecular weight excluding hydrogens is 457 g/mol. The molecule has 2 aromatic heterocycles. The summed E-state index contributed by atoms with van der Waals surface area (Å²) in [6.45, 7) is 5.93. The van der Waals surface area contributed by atoms with Crippen LogP contribution in [0, 0.1) is 6.92 Å². The van der Waals surface area contributed by atoms with Crippen molar-refractivity contribution in [3.63, 3.8) is 0 Å². The van der Waals surface area contributed by atoms with E-state index in [1.54, 1.807) is 13.0 Å². The molecule has 0 aliphatic carbocycles. The zero-order valence-electron chi connectivity index (χ0n) is 18.1. The van der Waals surface area contributed by atoms with Gasteiger partial charge in [-0.15, -0.1) is 13.2 Å². The number of hydrogen-bond acceptors (Lipinski definition) is 7. The maximum Gasteiger partial charge on any atom is 0.573 e. The lowest BCUT2D eigenvalue weighted by molar-refractivity contribution is -0.274. The zero-order chi connectivity index (χ0) is 23.6. The average molecular weight is 481 g/mol. The highest BCUT2D eigenvalue weighted by Gasteiger charge is 2.31. The van der Waals surface area contributed by atoms with Crippen molar-refractivity contribution in [1.82, 2.24) is 14.3 Å². The Morgan fingerprint density at radius 2 is 2.06 bits per heavy atom. The molecule has 3 aromatic rings. The standard InChI is InChI=1S/C22H23F3N4O3S/c1-13(29-8-3-4-9-29)10-19-26-21(33-28-19)27-20(30)17-12-18(31-14(17)2)15-6-5-7-16(11-15)32-22(23,24)25/h5-7,11-13H,3-4,8-10H2,1-2H3,(H,26,27,28,30). The normalized spacial score (nSPS) is 15.5. The largest absolute Gasteiger partial charge is 0.573 e. The van der Waals surface area contributed by atoms with E-state index in [1.165, 1.54) is 37.1 Å². The summed E-state index contributed by atoms with van der Waals surface area (Å²) in [6, 6.07) is 7.20. The SMILES string of the molecule is Cc1oc(-c2cccc(OC(F)(F)F)c2)cc1C(=O)Nc1nc(CC(C)N2CCCC2)ns1. The topological polar surface area (TPSA) is 80.5 Å². The minimum Gasteiger partial charge on any atom is -0.461 e. The molecule has 1 saturated heterocycles. The summed E-state index contributed by atoms with van der Waals surface area (Å²) in [5.74, 6) is 0.463. The van der Waals surface area contributed by atoms with Crippen molar-refractivity contribution in [2.45, 2.75) is 45.5 Å². The Kier molecular flexibility index (Phi) is 6.71. The molecule has 1 fully saturated rings. The van der Waals surface area contributed by atoms with Crippen LogP contribution >= 0.6 is 11.5 Å². The highest BCUT2D eigenvalue weighted by atomic mass is 32.1. The fraction of sp³-hybridized carbons (Fsp3) is 0.409. The first-order valence-electron chi connectivity index (χ1n) is 10.5. The lowest BCUT2D eigenvalue weighted by Gasteiger charge is -2.22. The van der Waals surface area contributed by atoms with Crippen LogP contribution in [0.3, 0.4) is 0 Å². The summed E-state index contributed by atoms with van der Waals surface area (Å²) in [7, 11) is 0. The molecule has 1 aliphatic heterocycles. The van der Waals surface area contributed by atoms with Gasteiger partial charge < -0.3 is 14.1 Å². The van der Waals surface area contributed by atoms with Crippen molar-refractivity contribution in [1.29, 1.82) is 0 Å². The van der Waals surface area contributed by atoms with Crippen molar-refractivity contribution in [3.05, 3.63) is 47.5 Å². The number of furan rings is 1. The molecule has 176 valence electrons. The minimum atomic E-state index is -4.80. The Balaban J connectivity index is 1.43. The molecule has 3 heterocycles. The lowest BCUT2D eigenvalue weighted by atomic mass is 10.1. The van der Waals surface area contributed by atoms with Gasteiger partial charge in [-0.25, -0.2) is 4.98 Å². The Morgan fingerprint density at radius 1 is 1.30 bits per heavy atom. The highest BCUT2D eigenvalue weighted by Crippen LogP contribution is 2.31. The number of hydrogen-bond donors (Lipinski definition) is 1. The molecule has 1 unspecified atom stereocenters. The molecule has 0 saturated carbocycles. The summed E-state index contributed by atoms with van der Waals surface area (Å²) < 4.78 is 51.4. The predicted molar refractivity (Wildman–Crippen MR) is 117 cm³/mol. The van der Waals surface area contributed by atoms with Gasteiger partial charge in [0.1, 0.15) is 23.1 Å². The highest BCUT2D eigenvalue weighted by molar-refractivity contribution is 7.09. The van der Waals surface area contributed by atoms with E-state index in [0.717, 1.165) is 24.6 Å². The Hall–Kier alpha value is -2.92. The van der Waals surface area contributed by atoms with Gasteiger partial charge in [-0.2, -0.15) is 4.37 Å². The smallest absolute Gasteiger partial charge is 0.461 e. The van der Waals surface area contributed by atoms with Crippen molar-refractivity contribution < 1.29 is 27.1 Å². The van der Waals surface area contributed by atoms with E-state index in [4.69, 9.17) is 4.42 Å². The quantitative estimate of drug-likeness (QED) is 0.495. The molecule has 1 aromatic carbocycles. The number of ether oxygens (including phenoxy) is 1. The molecule has 1 amide bonds. The van der Waals surface area contributed by atoms with Gasteiger partial charge in [0.25, 0.3) is 5.91 Å². The Morgan fingerprint density at radius 3 is 2.79 bits per heavy atom. The summed E-state index contributed by atoms with van der Waals surface area (Å²) in [6.07, 6.45) is -1.67. The van der Waals surface area contributed by atoms with Crippen LogP contribution < -0.4 is 10.1 Å². The van der Waals surface area contributed by atoms with Crippen molar-refractivity contribution in [2.24, 2.45) is 0 Å². The van der Waals surface area contributed by atoms with Crippen molar-refractivity contribution in [3.8, 4) is 17.1 Å². The van der Waals surface area contributed by atoms with Gasteiger partial charge >= 0.3 is 6.36 Å². The number of benzene rings is 1. The second-order valence-electron chi connectivity index (χ2n) is 7.92. The van der Waals surface area contributed by atoms with E-state index in [1.807, 2.05) is 0 Å². The fourth-order valence-corrected chi connectivity index (χ4v) is 4.42. The molecule has 4 rings (SSSR count). The van der Waals surface area contributed by atoms with Gasteiger partial charge in [-0.1, -0.05) is 12.1 Å². The number of carbonyl (C=O) groups is 1. The second kappa shape index (κ2) is 9.52. The first-order valence-corrected chi connectivity index (χ1v) is 11.3. The predicted octanol–water partition coefficient (Wildman–Crippen LogP) is 5.28. The number of halogens is 3. The monoisotopic (exact) mass is 480 g/mol. The summed E-state index contributed by atoms with van der Waals surface area (Å²) >= 11 is 1.11. The number of anilines is 1. The summed E-state index contributed by atoms with van der Waals surface area (Å²) in [4.78, 5) is 19.6. The first kappa shape index (κ1) is 23.2. The third-order valence-electron chi connectivity index (χ3n) is 5.45. The Bertz CT molecular complexity index is 1120. The number of alkyl halides is 3. The number of rotatable bonds is 7. The van der Waals surface area contributed by atoms with Gasteiger partial charge in [-0.3, -0.25) is 10.1 Å². The van der Waals surface area contributed by atoms with E-state index in [9.17, 15) is 18.0 Å². The van der Waals surface area contributed by atoms with Crippen LogP contribution in [0.4, 0.5) is 18.3 Å². The van der Waals surface area contributed by atoms with E-state index in [2.05, 4.69) is 31.2 Å². The molecule has 1 N–H and O–H groups in total. The van der Waals surface area contributed by atoms with E-state index in [-0.39, 0.29) is 17.1 Å². The van der Waals surface area contributed by atoms with Gasteiger partial charge in [0.05, 0.1) is 5.56 Å². The van der Waals surface area contributed by atoms with Crippen LogP contribution in [0.2, 0.25) is 0 Å². The molecule has 7 nitrogen and oxygen atoms in total. The number of nitrogens with one attached hydrogen (secondary N) is 1. The molecule has 33 heavy (non-hydrogen) atoms. The van der Waals surface area contributed by atoms with Gasteiger partial charge in [0.2, 0.25) is 5.13 Å². The molecule has 1 aliphatic rings. The number of nitrogens with zero attached hydrogens (tertiary/aromatic N) is 3. The zero-order valence-corrected chi connectivity index (χ0v) is 18.9. The average Bonchev–Trinajstić information content (AvgIpc) is 3.48. The maximum atomic E-state index is 12.8. The number of aryl methyl sites for hydroxylation is 1. The lowest BCUT2D eigenvalue weighted by Crippen LogP contribution is -2.32. The van der Waals surface area contributed by atoms with Crippen LogP contribution in [-0.4, -0.2) is 45.7 Å². The molecule has 11 heteroatoms. The van der Waals surface area contributed by atoms with E-state index >= 15 is 0 Å². The van der Waals surface area contributed by atoms with Crippen molar-refractivity contribution in [2.75, 3.05) is 18.4 Å². The molecule has 1 atom stereocenters. The van der Waals surface area contributed by atoms with Crippen LogP contribution in [0.25, 0.3) is 11.3 Å². The van der Waals surface area contributed by atoms with Crippen LogP contribution in [-0.2, 0) is 6.42 Å². The second-order valence-corrected chi connectivity index (χ2v) is 8.67.